The molecule has 12 heavy (non-hydrogen) atoms. The van der Waals surface area contributed by atoms with Gasteiger partial charge in [-0.2, -0.15) is 0 Å². The highest BCUT2D eigenvalue weighted by Gasteiger charge is 2.30. The molecule has 0 aromatic carbocycles. The maximum atomic E-state index is 12.8. The highest BCUT2D eigenvalue weighted by atomic mass is 19.1. The average molecular weight is 174 g/mol. The Morgan fingerprint density at radius 3 is 3.00 bits per heavy atom. The minimum absolute atomic E-state index is 0.0833. The molecule has 0 fully saturated rings. The van der Waals surface area contributed by atoms with E-state index in [9.17, 15) is 14.3 Å². The number of aliphatic hydroxyl groups excluding tert-OH is 1. The Morgan fingerprint density at radius 2 is 2.58 bits per heavy atom. The summed E-state index contributed by atoms with van der Waals surface area (Å²) in [5.41, 5.74) is 0. The maximum absolute atomic E-state index is 12.8. The molecule has 1 aliphatic rings. The van der Waals surface area contributed by atoms with Gasteiger partial charge in [-0.3, -0.25) is 4.79 Å². The Labute approximate surface area is 69.8 Å². The number of methoxy groups -OCH3 is 1. The second-order valence-corrected chi connectivity index (χ2v) is 2.78. The lowest BCUT2D eigenvalue weighted by Crippen LogP contribution is -2.19. The molecule has 0 amide bonds. The lowest BCUT2D eigenvalue weighted by atomic mass is 10.0. The first-order valence-corrected chi connectivity index (χ1v) is 3.75. The van der Waals surface area contributed by atoms with E-state index < -0.39 is 23.8 Å². The molecule has 2 atom stereocenters. The van der Waals surface area contributed by atoms with Crippen molar-refractivity contribution in [2.24, 2.45) is 5.92 Å². The minimum Gasteiger partial charge on any atom is -0.469 e. The zero-order chi connectivity index (χ0) is 9.14. The molecule has 0 aliphatic heterocycles. The molecule has 3 nitrogen and oxygen atoms in total. The van der Waals surface area contributed by atoms with Gasteiger partial charge in [0.25, 0.3) is 0 Å². The fourth-order valence-electron chi connectivity index (χ4n) is 1.23. The van der Waals surface area contributed by atoms with Crippen LogP contribution in [0.4, 0.5) is 4.39 Å². The molecule has 0 bridgehead atoms. The Hall–Kier alpha value is -0.900. The first-order valence-electron chi connectivity index (χ1n) is 3.75. The average Bonchev–Trinajstić information content (AvgIpc) is 2.35. The molecule has 0 saturated carbocycles. The molecule has 0 saturated heterocycles. The van der Waals surface area contributed by atoms with E-state index in [0.717, 1.165) is 0 Å². The largest absolute Gasteiger partial charge is 0.469 e. The van der Waals surface area contributed by atoms with Gasteiger partial charge in [0.05, 0.1) is 19.6 Å². The number of halogens is 1. The molecule has 0 aromatic heterocycles. The number of hydrogen-bond acceptors (Lipinski definition) is 3. The maximum Gasteiger partial charge on any atom is 0.306 e. The highest BCUT2D eigenvalue weighted by Crippen LogP contribution is 2.29. The van der Waals surface area contributed by atoms with Gasteiger partial charge in [0.15, 0.2) is 0 Å². The van der Waals surface area contributed by atoms with E-state index >= 15 is 0 Å². The van der Waals surface area contributed by atoms with Gasteiger partial charge in [-0.25, -0.2) is 4.39 Å². The number of ether oxygens (including phenoxy) is 1. The molecule has 0 heterocycles. The van der Waals surface area contributed by atoms with Crippen molar-refractivity contribution in [3.63, 3.8) is 0 Å². The Balaban J connectivity index is 2.51. The first kappa shape index (κ1) is 9.19. The third-order valence-electron chi connectivity index (χ3n) is 1.99. The third-order valence-corrected chi connectivity index (χ3v) is 1.99. The fourth-order valence-corrected chi connectivity index (χ4v) is 1.23. The van der Waals surface area contributed by atoms with Crippen molar-refractivity contribution in [1.82, 2.24) is 0 Å². The van der Waals surface area contributed by atoms with Gasteiger partial charge in [-0.1, -0.05) is 0 Å². The Kier molecular flexibility index (Phi) is 2.81. The van der Waals surface area contributed by atoms with Crippen LogP contribution in [0.1, 0.15) is 12.8 Å². The Morgan fingerprint density at radius 1 is 1.92 bits per heavy atom. The topological polar surface area (TPSA) is 46.5 Å². The highest BCUT2D eigenvalue weighted by molar-refractivity contribution is 5.70. The summed E-state index contributed by atoms with van der Waals surface area (Å²) in [6, 6.07) is 0. The molecular weight excluding hydrogens is 163 g/mol. The number of aliphatic hydroxyl groups is 1. The van der Waals surface area contributed by atoms with Crippen molar-refractivity contribution in [3.8, 4) is 0 Å². The van der Waals surface area contributed by atoms with E-state index in [4.69, 9.17) is 0 Å². The van der Waals surface area contributed by atoms with Gasteiger partial charge >= 0.3 is 5.97 Å². The third kappa shape index (κ3) is 1.82. The number of carbonyl (C=O) groups excluding carboxylic acids is 1. The summed E-state index contributed by atoms with van der Waals surface area (Å²) in [6.07, 6.45) is 0.732. The quantitative estimate of drug-likeness (QED) is 0.629. The van der Waals surface area contributed by atoms with Crippen LogP contribution in [-0.2, 0) is 9.53 Å². The number of carbonyl (C=O) groups is 1. The van der Waals surface area contributed by atoms with E-state index in [-0.39, 0.29) is 12.8 Å². The van der Waals surface area contributed by atoms with Gasteiger partial charge in [-0.15, -0.1) is 0 Å². The van der Waals surface area contributed by atoms with E-state index in [1.807, 2.05) is 0 Å². The predicted molar refractivity (Wildman–Crippen MR) is 39.9 cm³/mol. The second kappa shape index (κ2) is 3.67. The monoisotopic (exact) mass is 174 g/mol. The van der Waals surface area contributed by atoms with Crippen molar-refractivity contribution in [3.05, 3.63) is 11.9 Å². The summed E-state index contributed by atoms with van der Waals surface area (Å²) in [7, 11) is 1.24. The van der Waals surface area contributed by atoms with E-state index in [1.165, 1.54) is 13.2 Å². The van der Waals surface area contributed by atoms with Crippen molar-refractivity contribution >= 4 is 5.97 Å². The molecule has 1 N–H and O–H groups in total. The lowest BCUT2D eigenvalue weighted by Gasteiger charge is -2.12. The minimum atomic E-state index is -0.774. The Bertz CT molecular complexity index is 212. The van der Waals surface area contributed by atoms with Crippen LogP contribution < -0.4 is 0 Å². The molecular formula is C8H11FO3. The zero-order valence-corrected chi connectivity index (χ0v) is 6.79. The van der Waals surface area contributed by atoms with Crippen molar-refractivity contribution in [2.45, 2.75) is 18.9 Å². The van der Waals surface area contributed by atoms with Crippen LogP contribution in [0.2, 0.25) is 0 Å². The van der Waals surface area contributed by atoms with Crippen LogP contribution in [0.15, 0.2) is 11.9 Å². The van der Waals surface area contributed by atoms with Gasteiger partial charge in [-0.05, 0) is 12.5 Å². The fraction of sp³-hybridized carbons (Fsp3) is 0.625. The first-order chi connectivity index (χ1) is 5.65. The van der Waals surface area contributed by atoms with Crippen molar-refractivity contribution in [1.29, 1.82) is 0 Å². The van der Waals surface area contributed by atoms with Crippen LogP contribution >= 0.6 is 0 Å². The van der Waals surface area contributed by atoms with Gasteiger partial charge in [0.1, 0.15) is 5.83 Å². The van der Waals surface area contributed by atoms with Gasteiger partial charge < -0.3 is 9.84 Å². The molecule has 0 radical (unpaired) electrons. The molecule has 0 aromatic rings. The number of rotatable bonds is 2. The lowest BCUT2D eigenvalue weighted by molar-refractivity contribution is -0.142. The second-order valence-electron chi connectivity index (χ2n) is 2.78. The molecule has 0 spiro atoms. The molecule has 1 rings (SSSR count). The van der Waals surface area contributed by atoms with Crippen LogP contribution in [0.25, 0.3) is 0 Å². The smallest absolute Gasteiger partial charge is 0.306 e. The summed E-state index contributed by atoms with van der Waals surface area (Å²) < 4.78 is 17.2. The summed E-state index contributed by atoms with van der Waals surface area (Å²) in [5.74, 6) is -1.60. The number of hydrogen-bond donors (Lipinski definition) is 1. The standard InChI is InChI=1S/C8H11FO3/c1-12-8(11)4-5-6(9)2-3-7(5)10/h2,5,7,10H,3-4H2,1H3/t5-,7+/m0/s1. The molecule has 1 aliphatic carbocycles. The molecule has 0 unspecified atom stereocenters. The zero-order valence-electron chi connectivity index (χ0n) is 6.79. The van der Waals surface area contributed by atoms with Crippen LogP contribution in [0.5, 0.6) is 0 Å². The van der Waals surface area contributed by atoms with Crippen LogP contribution in [0, 0.1) is 5.92 Å². The van der Waals surface area contributed by atoms with E-state index in [1.54, 1.807) is 0 Å². The van der Waals surface area contributed by atoms with Crippen molar-refractivity contribution in [2.75, 3.05) is 7.11 Å². The van der Waals surface area contributed by atoms with Crippen LogP contribution in [-0.4, -0.2) is 24.3 Å². The molecule has 4 heteroatoms. The molecule has 68 valence electrons. The number of esters is 1. The summed E-state index contributed by atoms with van der Waals surface area (Å²) in [6.45, 7) is 0. The summed E-state index contributed by atoms with van der Waals surface area (Å²) in [4.78, 5) is 10.7. The van der Waals surface area contributed by atoms with Gasteiger partial charge in [0.2, 0.25) is 0 Å². The van der Waals surface area contributed by atoms with Crippen molar-refractivity contribution < 1.29 is 19.0 Å². The van der Waals surface area contributed by atoms with E-state index in [2.05, 4.69) is 4.74 Å². The van der Waals surface area contributed by atoms with E-state index in [0.29, 0.717) is 0 Å². The SMILES string of the molecule is COC(=O)C[C@H]1C(F)=CC[C@H]1O. The summed E-state index contributed by atoms with van der Waals surface area (Å²) in [5, 5.41) is 9.20. The predicted octanol–water partition coefficient (Wildman–Crippen LogP) is 0.784. The normalized spacial score (nSPS) is 28.4. The van der Waals surface area contributed by atoms with Gasteiger partial charge in [0, 0.05) is 5.92 Å². The van der Waals surface area contributed by atoms with Crippen LogP contribution in [0.3, 0.4) is 0 Å². The summed E-state index contributed by atoms with van der Waals surface area (Å²) >= 11 is 0.